The van der Waals surface area contributed by atoms with Crippen LogP contribution in [0, 0.1) is 0 Å². The van der Waals surface area contributed by atoms with E-state index < -0.39 is 0 Å². The van der Waals surface area contributed by atoms with Crippen LogP contribution in [0.2, 0.25) is 0 Å². The normalized spacial score (nSPS) is 10.5. The quantitative estimate of drug-likeness (QED) is 0.801. The van der Waals surface area contributed by atoms with Gasteiger partial charge in [-0.15, -0.1) is 0 Å². The molecule has 0 aliphatic carbocycles. The molecule has 1 N–H and O–H groups in total. The summed E-state index contributed by atoms with van der Waals surface area (Å²) in [6.45, 7) is 4.12. The number of benzene rings is 1. The first kappa shape index (κ1) is 14.4. The van der Waals surface area contributed by atoms with Crippen molar-refractivity contribution in [1.82, 2.24) is 9.55 Å². The number of nitrogens with one attached hydrogen (secondary N) is 1. The molecule has 0 fully saturated rings. The van der Waals surface area contributed by atoms with E-state index >= 15 is 0 Å². The Hall–Kier alpha value is -1.97. The van der Waals surface area contributed by atoms with Crippen molar-refractivity contribution >= 4 is 5.95 Å². The summed E-state index contributed by atoms with van der Waals surface area (Å²) in [7, 11) is 1.69. The predicted octanol–water partition coefficient (Wildman–Crippen LogP) is 3.35. The fourth-order valence-electron chi connectivity index (χ4n) is 2.10. The Balaban J connectivity index is 1.81. The number of rotatable bonds is 8. The molecule has 2 aromatic rings. The first-order chi connectivity index (χ1) is 9.83. The van der Waals surface area contributed by atoms with Crippen LogP contribution >= 0.6 is 0 Å². The van der Waals surface area contributed by atoms with Crippen LogP contribution in [-0.2, 0) is 13.0 Å². The summed E-state index contributed by atoms with van der Waals surface area (Å²) in [4.78, 5) is 4.36. The van der Waals surface area contributed by atoms with Gasteiger partial charge in [-0.25, -0.2) is 4.98 Å². The summed E-state index contributed by atoms with van der Waals surface area (Å²) in [6, 6.07) is 8.20. The third kappa shape index (κ3) is 4.02. The minimum atomic E-state index is 0.884. The van der Waals surface area contributed by atoms with Crippen molar-refractivity contribution in [3.63, 3.8) is 0 Å². The Kier molecular flexibility index (Phi) is 5.47. The number of methoxy groups -OCH3 is 1. The molecule has 0 unspecified atom stereocenters. The van der Waals surface area contributed by atoms with Gasteiger partial charge in [-0.1, -0.05) is 25.5 Å². The average molecular weight is 273 g/mol. The molecule has 0 saturated carbocycles. The van der Waals surface area contributed by atoms with Crippen molar-refractivity contribution in [2.24, 2.45) is 0 Å². The SMILES string of the molecule is CCCCn1ccnc1NCCc1ccc(OC)cc1. The molecule has 108 valence electrons. The minimum Gasteiger partial charge on any atom is -0.497 e. The lowest BCUT2D eigenvalue weighted by molar-refractivity contribution is 0.414. The van der Waals surface area contributed by atoms with Crippen LogP contribution in [0.5, 0.6) is 5.75 Å². The summed E-state index contributed by atoms with van der Waals surface area (Å²) in [5.74, 6) is 1.86. The van der Waals surface area contributed by atoms with Crippen LogP contribution in [0.3, 0.4) is 0 Å². The van der Waals surface area contributed by atoms with Crippen LogP contribution < -0.4 is 10.1 Å². The van der Waals surface area contributed by atoms with E-state index in [0.29, 0.717) is 0 Å². The lowest BCUT2D eigenvalue weighted by atomic mass is 10.1. The highest BCUT2D eigenvalue weighted by Crippen LogP contribution is 2.12. The fourth-order valence-corrected chi connectivity index (χ4v) is 2.10. The van der Waals surface area contributed by atoms with Gasteiger partial charge in [0.1, 0.15) is 5.75 Å². The van der Waals surface area contributed by atoms with Gasteiger partial charge in [-0.05, 0) is 30.5 Å². The molecule has 2 rings (SSSR count). The van der Waals surface area contributed by atoms with Crippen molar-refractivity contribution in [1.29, 1.82) is 0 Å². The largest absolute Gasteiger partial charge is 0.497 e. The first-order valence-electron chi connectivity index (χ1n) is 7.21. The van der Waals surface area contributed by atoms with Crippen LogP contribution in [0.4, 0.5) is 5.95 Å². The zero-order valence-corrected chi connectivity index (χ0v) is 12.3. The second-order valence-corrected chi connectivity index (χ2v) is 4.82. The highest BCUT2D eigenvalue weighted by atomic mass is 16.5. The summed E-state index contributed by atoms with van der Waals surface area (Å²) >= 11 is 0. The Bertz CT molecular complexity index is 505. The number of ether oxygens (including phenoxy) is 1. The summed E-state index contributed by atoms with van der Waals surface area (Å²) < 4.78 is 7.33. The van der Waals surface area contributed by atoms with E-state index in [1.165, 1.54) is 18.4 Å². The molecule has 0 atom stereocenters. The van der Waals surface area contributed by atoms with E-state index in [-0.39, 0.29) is 0 Å². The van der Waals surface area contributed by atoms with Crippen LogP contribution in [0.25, 0.3) is 0 Å². The van der Waals surface area contributed by atoms with Crippen LogP contribution in [-0.4, -0.2) is 23.2 Å². The second-order valence-electron chi connectivity index (χ2n) is 4.82. The standard InChI is InChI=1S/C16H23N3O/c1-3-4-12-19-13-11-18-16(19)17-10-9-14-5-7-15(20-2)8-6-14/h5-8,11,13H,3-4,9-10,12H2,1-2H3,(H,17,18). The van der Waals surface area contributed by atoms with E-state index in [1.54, 1.807) is 7.11 Å². The lowest BCUT2D eigenvalue weighted by Crippen LogP contribution is -2.10. The van der Waals surface area contributed by atoms with Crippen LogP contribution in [0.15, 0.2) is 36.7 Å². The molecule has 1 aromatic heterocycles. The molecule has 1 heterocycles. The van der Waals surface area contributed by atoms with Gasteiger partial charge in [0.15, 0.2) is 0 Å². The van der Waals surface area contributed by atoms with E-state index in [1.807, 2.05) is 24.5 Å². The maximum atomic E-state index is 5.16. The first-order valence-corrected chi connectivity index (χ1v) is 7.21. The number of hydrogen-bond acceptors (Lipinski definition) is 3. The number of nitrogens with zero attached hydrogens (tertiary/aromatic N) is 2. The number of hydrogen-bond donors (Lipinski definition) is 1. The molecule has 0 spiro atoms. The third-order valence-corrected chi connectivity index (χ3v) is 3.32. The van der Waals surface area contributed by atoms with E-state index in [4.69, 9.17) is 4.74 Å². The predicted molar refractivity (Wildman–Crippen MR) is 82.3 cm³/mol. The van der Waals surface area contributed by atoms with E-state index in [0.717, 1.165) is 31.2 Å². The van der Waals surface area contributed by atoms with E-state index in [9.17, 15) is 0 Å². The lowest BCUT2D eigenvalue weighted by Gasteiger charge is -2.09. The van der Waals surface area contributed by atoms with Gasteiger partial charge in [0.2, 0.25) is 5.95 Å². The monoisotopic (exact) mass is 273 g/mol. The molecule has 4 nitrogen and oxygen atoms in total. The average Bonchev–Trinajstić information content (AvgIpc) is 2.93. The van der Waals surface area contributed by atoms with Crippen molar-refractivity contribution in [3.05, 3.63) is 42.2 Å². The second kappa shape index (κ2) is 7.58. The highest BCUT2D eigenvalue weighted by Gasteiger charge is 2.01. The highest BCUT2D eigenvalue weighted by molar-refractivity contribution is 5.29. The van der Waals surface area contributed by atoms with Crippen molar-refractivity contribution < 1.29 is 4.74 Å². The van der Waals surface area contributed by atoms with Gasteiger partial charge in [0.25, 0.3) is 0 Å². The molecule has 0 aliphatic rings. The number of anilines is 1. The topological polar surface area (TPSA) is 39.1 Å². The molecule has 4 heteroatoms. The van der Waals surface area contributed by atoms with Gasteiger partial charge in [-0.3, -0.25) is 0 Å². The number of aryl methyl sites for hydroxylation is 1. The minimum absolute atomic E-state index is 0.884. The Labute approximate surface area is 120 Å². The molecular formula is C16H23N3O. The summed E-state index contributed by atoms with van der Waals surface area (Å²) in [5.41, 5.74) is 1.30. The Morgan fingerprint density at radius 1 is 1.25 bits per heavy atom. The van der Waals surface area contributed by atoms with Gasteiger partial charge in [-0.2, -0.15) is 0 Å². The summed E-state index contributed by atoms with van der Waals surface area (Å²) in [6.07, 6.45) is 7.24. The van der Waals surface area contributed by atoms with Crippen molar-refractivity contribution in [3.8, 4) is 5.75 Å². The molecule has 0 amide bonds. The van der Waals surface area contributed by atoms with Crippen molar-refractivity contribution in [2.75, 3.05) is 19.0 Å². The zero-order valence-electron chi connectivity index (χ0n) is 12.3. The molecular weight excluding hydrogens is 250 g/mol. The molecule has 0 radical (unpaired) electrons. The van der Waals surface area contributed by atoms with E-state index in [2.05, 4.69) is 33.9 Å². The molecule has 1 aromatic carbocycles. The Morgan fingerprint density at radius 2 is 2.05 bits per heavy atom. The number of unbranched alkanes of at least 4 members (excludes halogenated alkanes) is 1. The Morgan fingerprint density at radius 3 is 2.75 bits per heavy atom. The van der Waals surface area contributed by atoms with Gasteiger partial charge in [0.05, 0.1) is 7.11 Å². The maximum Gasteiger partial charge on any atom is 0.202 e. The number of aromatic nitrogens is 2. The van der Waals surface area contributed by atoms with Gasteiger partial charge < -0.3 is 14.6 Å². The maximum absolute atomic E-state index is 5.16. The number of imidazole rings is 1. The molecule has 0 bridgehead atoms. The molecule has 0 aliphatic heterocycles. The van der Waals surface area contributed by atoms with Gasteiger partial charge in [0, 0.05) is 25.5 Å². The fraction of sp³-hybridized carbons (Fsp3) is 0.438. The van der Waals surface area contributed by atoms with Gasteiger partial charge >= 0.3 is 0 Å². The van der Waals surface area contributed by atoms with Crippen molar-refractivity contribution in [2.45, 2.75) is 32.7 Å². The molecule has 0 saturated heterocycles. The van der Waals surface area contributed by atoms with Crippen LogP contribution in [0.1, 0.15) is 25.3 Å². The molecule has 20 heavy (non-hydrogen) atoms. The summed E-state index contributed by atoms with van der Waals surface area (Å²) in [5, 5.41) is 3.40. The zero-order chi connectivity index (χ0) is 14.2. The third-order valence-electron chi connectivity index (χ3n) is 3.32. The smallest absolute Gasteiger partial charge is 0.202 e.